The normalized spacial score (nSPS) is 25.5. The molecule has 1 aromatic rings. The highest BCUT2D eigenvalue weighted by Crippen LogP contribution is 2.49. The minimum Gasteiger partial charge on any atom is -0.369 e. The van der Waals surface area contributed by atoms with Gasteiger partial charge in [0.2, 0.25) is 0 Å². The third-order valence-electron chi connectivity index (χ3n) is 3.47. The van der Waals surface area contributed by atoms with Gasteiger partial charge in [-0.15, -0.1) is 6.58 Å². The van der Waals surface area contributed by atoms with Crippen molar-refractivity contribution in [2.45, 2.75) is 39.2 Å². The Morgan fingerprint density at radius 2 is 1.88 bits per heavy atom. The lowest BCUT2D eigenvalue weighted by molar-refractivity contribution is 0.657. The van der Waals surface area contributed by atoms with Crippen LogP contribution in [0.1, 0.15) is 33.6 Å². The van der Waals surface area contributed by atoms with Gasteiger partial charge in [-0.05, 0) is 25.5 Å². The van der Waals surface area contributed by atoms with Gasteiger partial charge in [-0.3, -0.25) is 0 Å². The Balaban J connectivity index is 0.000000437. The van der Waals surface area contributed by atoms with Crippen LogP contribution in [0, 0.1) is 5.92 Å². The van der Waals surface area contributed by atoms with Crippen LogP contribution < -0.4 is 4.90 Å². The first-order chi connectivity index (χ1) is 8.10. The van der Waals surface area contributed by atoms with Gasteiger partial charge in [0.15, 0.2) is 0 Å². The molecule has 1 aliphatic carbocycles. The molecule has 1 fully saturated rings. The molecule has 1 heteroatoms. The van der Waals surface area contributed by atoms with Gasteiger partial charge in [-0.2, -0.15) is 0 Å². The van der Waals surface area contributed by atoms with E-state index in [1.54, 1.807) is 0 Å². The molecule has 2 unspecified atom stereocenters. The summed E-state index contributed by atoms with van der Waals surface area (Å²) in [5.41, 5.74) is 1.59. The lowest BCUT2D eigenvalue weighted by Gasteiger charge is -2.27. The highest BCUT2D eigenvalue weighted by molar-refractivity contribution is 5.51. The fourth-order valence-corrected chi connectivity index (χ4v) is 2.06. The van der Waals surface area contributed by atoms with E-state index in [0.29, 0.717) is 11.5 Å². The first kappa shape index (κ1) is 13.8. The summed E-state index contributed by atoms with van der Waals surface area (Å²) in [4.78, 5) is 2.36. The Labute approximate surface area is 106 Å². The molecule has 2 rings (SSSR count). The van der Waals surface area contributed by atoms with E-state index in [-0.39, 0.29) is 0 Å². The van der Waals surface area contributed by atoms with Gasteiger partial charge < -0.3 is 4.90 Å². The Kier molecular flexibility index (Phi) is 4.80. The average Bonchev–Trinajstić information content (AvgIpc) is 3.03. The first-order valence-corrected chi connectivity index (χ1v) is 6.51. The van der Waals surface area contributed by atoms with Crippen molar-refractivity contribution in [1.82, 2.24) is 0 Å². The molecule has 0 bridgehead atoms. The van der Waals surface area contributed by atoms with Crippen LogP contribution in [0.3, 0.4) is 0 Å². The largest absolute Gasteiger partial charge is 0.369 e. The molecule has 0 N–H and O–H groups in total. The molecule has 0 aliphatic heterocycles. The summed E-state index contributed by atoms with van der Waals surface area (Å²) >= 11 is 0. The number of para-hydroxylation sites is 1. The van der Waals surface area contributed by atoms with Crippen molar-refractivity contribution >= 4 is 5.69 Å². The van der Waals surface area contributed by atoms with Gasteiger partial charge in [0, 0.05) is 24.2 Å². The third-order valence-corrected chi connectivity index (χ3v) is 3.47. The highest BCUT2D eigenvalue weighted by atomic mass is 15.2. The number of benzene rings is 1. The number of hydrogen-bond donors (Lipinski definition) is 0. The van der Waals surface area contributed by atoms with Crippen molar-refractivity contribution in [2.24, 2.45) is 5.92 Å². The van der Waals surface area contributed by atoms with E-state index in [9.17, 15) is 0 Å². The van der Waals surface area contributed by atoms with E-state index in [1.807, 2.05) is 0 Å². The molecule has 17 heavy (non-hydrogen) atoms. The average molecular weight is 231 g/mol. The molecular formula is C16H25N. The molecule has 1 saturated carbocycles. The van der Waals surface area contributed by atoms with Gasteiger partial charge in [0.1, 0.15) is 0 Å². The molecule has 94 valence electrons. The van der Waals surface area contributed by atoms with E-state index >= 15 is 0 Å². The lowest BCUT2D eigenvalue weighted by atomic mass is 10.2. The van der Waals surface area contributed by atoms with Crippen molar-refractivity contribution in [1.29, 1.82) is 0 Å². The minimum atomic E-state index is 0.295. The molecule has 0 amide bonds. The zero-order chi connectivity index (χ0) is 12.9. The molecular weight excluding hydrogens is 206 g/mol. The van der Waals surface area contributed by atoms with E-state index in [1.165, 1.54) is 18.5 Å². The number of anilines is 1. The van der Waals surface area contributed by atoms with Crippen LogP contribution in [0.15, 0.2) is 43.0 Å². The van der Waals surface area contributed by atoms with Gasteiger partial charge in [0.25, 0.3) is 0 Å². The standard InChI is InChI=1S/C13H17N.C3H8/c1-4-11-10-13(11,2)14(3)12-8-6-5-7-9-12;1-3-2/h4-9,11H,1,10H2,2-3H3;3H2,1-2H3. The van der Waals surface area contributed by atoms with Crippen LogP contribution >= 0.6 is 0 Å². The summed E-state index contributed by atoms with van der Waals surface area (Å²) in [6.45, 7) is 10.4. The topological polar surface area (TPSA) is 3.24 Å². The Bertz CT molecular complexity index is 344. The van der Waals surface area contributed by atoms with Crippen molar-refractivity contribution in [2.75, 3.05) is 11.9 Å². The fraction of sp³-hybridized carbons (Fsp3) is 0.500. The van der Waals surface area contributed by atoms with Crippen molar-refractivity contribution in [3.05, 3.63) is 43.0 Å². The van der Waals surface area contributed by atoms with E-state index < -0.39 is 0 Å². The minimum absolute atomic E-state index is 0.295. The van der Waals surface area contributed by atoms with Crippen LogP contribution in [0.2, 0.25) is 0 Å². The smallest absolute Gasteiger partial charge is 0.0440 e. The monoisotopic (exact) mass is 231 g/mol. The lowest BCUT2D eigenvalue weighted by Crippen LogP contribution is -2.32. The molecule has 0 aromatic heterocycles. The van der Waals surface area contributed by atoms with Crippen LogP contribution in [-0.2, 0) is 0 Å². The summed E-state index contributed by atoms with van der Waals surface area (Å²) in [6.07, 6.45) is 4.54. The second-order valence-corrected chi connectivity index (χ2v) is 5.01. The molecule has 0 heterocycles. The molecule has 0 spiro atoms. The third kappa shape index (κ3) is 3.12. The van der Waals surface area contributed by atoms with Crippen molar-refractivity contribution < 1.29 is 0 Å². The van der Waals surface area contributed by atoms with Crippen LogP contribution in [-0.4, -0.2) is 12.6 Å². The van der Waals surface area contributed by atoms with E-state index in [4.69, 9.17) is 0 Å². The predicted octanol–water partition coefficient (Wildman–Crippen LogP) is 4.50. The van der Waals surface area contributed by atoms with Gasteiger partial charge in [-0.1, -0.05) is 44.5 Å². The van der Waals surface area contributed by atoms with Crippen LogP contribution in [0.25, 0.3) is 0 Å². The summed E-state index contributed by atoms with van der Waals surface area (Å²) in [5.74, 6) is 0.646. The Morgan fingerprint density at radius 3 is 2.29 bits per heavy atom. The predicted molar refractivity (Wildman–Crippen MR) is 77.5 cm³/mol. The van der Waals surface area contributed by atoms with Crippen molar-refractivity contribution in [3.63, 3.8) is 0 Å². The van der Waals surface area contributed by atoms with E-state index in [2.05, 4.69) is 75.7 Å². The Hall–Kier alpha value is -1.24. The maximum Gasteiger partial charge on any atom is 0.0440 e. The summed E-state index contributed by atoms with van der Waals surface area (Å²) in [7, 11) is 2.17. The van der Waals surface area contributed by atoms with Gasteiger partial charge >= 0.3 is 0 Å². The second-order valence-electron chi connectivity index (χ2n) is 5.01. The zero-order valence-corrected chi connectivity index (χ0v) is 11.6. The zero-order valence-electron chi connectivity index (χ0n) is 11.6. The summed E-state index contributed by atoms with van der Waals surface area (Å²) < 4.78 is 0. The number of nitrogens with zero attached hydrogens (tertiary/aromatic N) is 1. The first-order valence-electron chi connectivity index (χ1n) is 6.51. The van der Waals surface area contributed by atoms with Crippen LogP contribution in [0.5, 0.6) is 0 Å². The number of hydrogen-bond acceptors (Lipinski definition) is 1. The molecule has 2 atom stereocenters. The van der Waals surface area contributed by atoms with Gasteiger partial charge in [-0.25, -0.2) is 0 Å². The SMILES string of the molecule is C=CC1CC1(C)N(C)c1ccccc1.CCC. The van der Waals surface area contributed by atoms with E-state index in [0.717, 1.165) is 0 Å². The second kappa shape index (κ2) is 5.90. The van der Waals surface area contributed by atoms with Crippen molar-refractivity contribution in [3.8, 4) is 0 Å². The quantitative estimate of drug-likeness (QED) is 0.692. The summed E-state index contributed by atoms with van der Waals surface area (Å²) in [5, 5.41) is 0. The maximum absolute atomic E-state index is 3.87. The maximum atomic E-state index is 3.87. The van der Waals surface area contributed by atoms with Gasteiger partial charge in [0.05, 0.1) is 0 Å². The molecule has 1 aromatic carbocycles. The van der Waals surface area contributed by atoms with Crippen LogP contribution in [0.4, 0.5) is 5.69 Å². The molecule has 0 saturated heterocycles. The summed E-state index contributed by atoms with van der Waals surface area (Å²) in [6, 6.07) is 10.5. The molecule has 0 radical (unpaired) electrons. The fourth-order valence-electron chi connectivity index (χ4n) is 2.06. The highest BCUT2D eigenvalue weighted by Gasteiger charge is 2.51. The molecule has 1 aliphatic rings. The molecule has 1 nitrogen and oxygen atoms in total. The Morgan fingerprint density at radius 1 is 1.35 bits per heavy atom. The number of rotatable bonds is 3.